The molecule has 116 valence electrons. The molecule has 2 heterocycles. The molecule has 6 heteroatoms. The van der Waals surface area contributed by atoms with Gasteiger partial charge in [-0.3, -0.25) is 9.69 Å². The zero-order chi connectivity index (χ0) is 15.4. The second-order valence-electron chi connectivity index (χ2n) is 5.37. The molecule has 0 radical (unpaired) electrons. The second kappa shape index (κ2) is 7.00. The van der Waals surface area contributed by atoms with Gasteiger partial charge in [-0.05, 0) is 0 Å². The quantitative estimate of drug-likeness (QED) is 0.926. The molecule has 1 saturated heterocycles. The Bertz CT molecular complexity index is 620. The van der Waals surface area contributed by atoms with Crippen LogP contribution >= 0.6 is 11.3 Å². The molecule has 2 aromatic rings. The Morgan fingerprint density at radius 2 is 1.91 bits per heavy atom. The van der Waals surface area contributed by atoms with Crippen LogP contribution in [-0.4, -0.2) is 53.4 Å². The third kappa shape index (κ3) is 3.52. The maximum atomic E-state index is 11.6. The number of aromatic nitrogens is 1. The molecule has 3 rings (SSSR count). The first-order valence-corrected chi connectivity index (χ1v) is 8.34. The molecule has 1 aromatic carbocycles. The highest BCUT2D eigenvalue weighted by atomic mass is 32.1. The van der Waals surface area contributed by atoms with Gasteiger partial charge in [-0.2, -0.15) is 0 Å². The predicted octanol–water partition coefficient (Wildman–Crippen LogP) is 1.41. The van der Waals surface area contributed by atoms with Crippen LogP contribution in [0.2, 0.25) is 0 Å². The molecule has 0 bridgehead atoms. The summed E-state index contributed by atoms with van der Waals surface area (Å²) in [5.41, 5.74) is 7.67. The standard InChI is InChI=1S/C16H20N4OS/c17-10-15(21)20-8-6-19(7-9-20)11-14-12-22-16(18-14)13-4-2-1-3-5-13/h1-5,12H,6-11,17H2. The van der Waals surface area contributed by atoms with Crippen molar-refractivity contribution < 1.29 is 4.79 Å². The molecule has 1 fully saturated rings. The Labute approximate surface area is 134 Å². The number of carbonyl (C=O) groups excluding carboxylic acids is 1. The van der Waals surface area contributed by atoms with Crippen LogP contribution in [0.15, 0.2) is 35.7 Å². The fraction of sp³-hybridized carbons (Fsp3) is 0.375. The molecular formula is C16H20N4OS. The van der Waals surface area contributed by atoms with E-state index >= 15 is 0 Å². The van der Waals surface area contributed by atoms with Crippen molar-refractivity contribution in [2.75, 3.05) is 32.7 Å². The highest BCUT2D eigenvalue weighted by molar-refractivity contribution is 7.13. The van der Waals surface area contributed by atoms with E-state index in [-0.39, 0.29) is 12.5 Å². The first-order valence-electron chi connectivity index (χ1n) is 7.46. The lowest BCUT2D eigenvalue weighted by Crippen LogP contribution is -2.49. The van der Waals surface area contributed by atoms with Crippen molar-refractivity contribution in [3.8, 4) is 10.6 Å². The number of carbonyl (C=O) groups is 1. The van der Waals surface area contributed by atoms with Gasteiger partial charge in [-0.15, -0.1) is 11.3 Å². The molecule has 2 N–H and O–H groups in total. The summed E-state index contributed by atoms with van der Waals surface area (Å²) in [6.45, 7) is 4.21. The van der Waals surface area contributed by atoms with E-state index in [4.69, 9.17) is 10.7 Å². The summed E-state index contributed by atoms with van der Waals surface area (Å²) < 4.78 is 0. The summed E-state index contributed by atoms with van der Waals surface area (Å²) in [5.74, 6) is 0.0414. The number of nitrogens with two attached hydrogens (primary N) is 1. The molecule has 22 heavy (non-hydrogen) atoms. The lowest BCUT2D eigenvalue weighted by molar-refractivity contribution is -0.131. The summed E-state index contributed by atoms with van der Waals surface area (Å²) in [4.78, 5) is 20.5. The molecule has 5 nitrogen and oxygen atoms in total. The molecule has 0 aliphatic carbocycles. The van der Waals surface area contributed by atoms with Crippen LogP contribution < -0.4 is 5.73 Å². The molecule has 0 unspecified atom stereocenters. The number of hydrogen-bond acceptors (Lipinski definition) is 5. The predicted molar refractivity (Wildman–Crippen MR) is 88.5 cm³/mol. The van der Waals surface area contributed by atoms with Gasteiger partial charge in [0.15, 0.2) is 0 Å². The summed E-state index contributed by atoms with van der Waals surface area (Å²) in [7, 11) is 0. The van der Waals surface area contributed by atoms with Gasteiger partial charge in [0.25, 0.3) is 0 Å². The fourth-order valence-corrected chi connectivity index (χ4v) is 3.42. The van der Waals surface area contributed by atoms with Crippen LogP contribution in [0.5, 0.6) is 0 Å². The lowest BCUT2D eigenvalue weighted by atomic mass is 10.2. The first kappa shape index (κ1) is 15.1. The normalized spacial score (nSPS) is 16.0. The first-order chi connectivity index (χ1) is 10.8. The van der Waals surface area contributed by atoms with E-state index in [1.54, 1.807) is 11.3 Å². The fourth-order valence-electron chi connectivity index (χ4n) is 2.61. The minimum atomic E-state index is 0.0414. The van der Waals surface area contributed by atoms with Crippen LogP contribution in [0.25, 0.3) is 10.6 Å². The monoisotopic (exact) mass is 316 g/mol. The van der Waals surface area contributed by atoms with Gasteiger partial charge in [0.1, 0.15) is 5.01 Å². The lowest BCUT2D eigenvalue weighted by Gasteiger charge is -2.34. The Morgan fingerprint density at radius 1 is 1.18 bits per heavy atom. The van der Waals surface area contributed by atoms with Crippen LogP contribution in [-0.2, 0) is 11.3 Å². The SMILES string of the molecule is NCC(=O)N1CCN(Cc2csc(-c3ccccc3)n2)CC1. The number of nitrogens with zero attached hydrogens (tertiary/aromatic N) is 3. The van der Waals surface area contributed by atoms with Gasteiger partial charge in [0.2, 0.25) is 5.91 Å². The molecule has 1 amide bonds. The Kier molecular flexibility index (Phi) is 4.82. The largest absolute Gasteiger partial charge is 0.339 e. The van der Waals surface area contributed by atoms with Gasteiger partial charge in [-0.1, -0.05) is 30.3 Å². The topological polar surface area (TPSA) is 62.5 Å². The third-order valence-electron chi connectivity index (χ3n) is 3.86. The average molecular weight is 316 g/mol. The second-order valence-corrected chi connectivity index (χ2v) is 6.23. The van der Waals surface area contributed by atoms with E-state index in [0.29, 0.717) is 0 Å². The van der Waals surface area contributed by atoms with Crippen LogP contribution in [0.4, 0.5) is 0 Å². The van der Waals surface area contributed by atoms with E-state index < -0.39 is 0 Å². The molecule has 0 spiro atoms. The van der Waals surface area contributed by atoms with Crippen molar-refractivity contribution in [3.05, 3.63) is 41.4 Å². The highest BCUT2D eigenvalue weighted by Crippen LogP contribution is 2.24. The minimum Gasteiger partial charge on any atom is -0.339 e. The number of benzene rings is 1. The average Bonchev–Trinajstić information content (AvgIpc) is 3.04. The Morgan fingerprint density at radius 3 is 2.59 bits per heavy atom. The van der Waals surface area contributed by atoms with Gasteiger partial charge >= 0.3 is 0 Å². The van der Waals surface area contributed by atoms with E-state index in [2.05, 4.69) is 22.4 Å². The Hall–Kier alpha value is -1.76. The van der Waals surface area contributed by atoms with Crippen molar-refractivity contribution in [1.82, 2.24) is 14.8 Å². The van der Waals surface area contributed by atoms with Crippen LogP contribution in [0.1, 0.15) is 5.69 Å². The van der Waals surface area contributed by atoms with Crippen molar-refractivity contribution in [2.45, 2.75) is 6.54 Å². The molecule has 1 aromatic heterocycles. The van der Waals surface area contributed by atoms with Gasteiger partial charge < -0.3 is 10.6 Å². The molecule has 0 saturated carbocycles. The van der Waals surface area contributed by atoms with Crippen molar-refractivity contribution in [2.24, 2.45) is 5.73 Å². The smallest absolute Gasteiger partial charge is 0.236 e. The van der Waals surface area contributed by atoms with Crippen molar-refractivity contribution >= 4 is 17.2 Å². The van der Waals surface area contributed by atoms with Crippen LogP contribution in [0, 0.1) is 0 Å². The summed E-state index contributed by atoms with van der Waals surface area (Å²) >= 11 is 1.68. The number of hydrogen-bond donors (Lipinski definition) is 1. The van der Waals surface area contributed by atoms with E-state index in [9.17, 15) is 4.79 Å². The summed E-state index contributed by atoms with van der Waals surface area (Å²) in [6.07, 6.45) is 0. The molecule has 0 atom stereocenters. The third-order valence-corrected chi connectivity index (χ3v) is 4.80. The Balaban J connectivity index is 1.57. The molecule has 1 aliphatic rings. The van der Waals surface area contributed by atoms with Crippen molar-refractivity contribution in [3.63, 3.8) is 0 Å². The van der Waals surface area contributed by atoms with Crippen molar-refractivity contribution in [1.29, 1.82) is 0 Å². The minimum absolute atomic E-state index is 0.0414. The van der Waals surface area contributed by atoms with Gasteiger partial charge in [-0.25, -0.2) is 4.98 Å². The number of thiazole rings is 1. The zero-order valence-corrected chi connectivity index (χ0v) is 13.3. The molecule has 1 aliphatic heterocycles. The van der Waals surface area contributed by atoms with E-state index in [1.165, 1.54) is 0 Å². The van der Waals surface area contributed by atoms with Gasteiger partial charge in [0, 0.05) is 43.7 Å². The van der Waals surface area contributed by atoms with Gasteiger partial charge in [0.05, 0.1) is 12.2 Å². The van der Waals surface area contributed by atoms with E-state index in [1.807, 2.05) is 23.1 Å². The summed E-state index contributed by atoms with van der Waals surface area (Å²) in [6, 6.07) is 10.2. The highest BCUT2D eigenvalue weighted by Gasteiger charge is 2.20. The number of amides is 1. The van der Waals surface area contributed by atoms with Crippen LogP contribution in [0.3, 0.4) is 0 Å². The molecular weight excluding hydrogens is 296 g/mol. The maximum absolute atomic E-state index is 11.6. The summed E-state index contributed by atoms with van der Waals surface area (Å²) in [5, 5.41) is 3.19. The number of piperazine rings is 1. The zero-order valence-electron chi connectivity index (χ0n) is 12.4. The number of rotatable bonds is 4. The maximum Gasteiger partial charge on any atom is 0.236 e. The van der Waals surface area contributed by atoms with E-state index in [0.717, 1.165) is 49.0 Å².